The molecule has 0 nitrogen and oxygen atoms in total. The van der Waals surface area contributed by atoms with Gasteiger partial charge >= 0.3 is 0 Å². The normalized spacial score (nSPS) is 10.3. The minimum absolute atomic E-state index is 0.642. The van der Waals surface area contributed by atoms with Crippen LogP contribution in [0.25, 0.3) is 0 Å². The molecule has 0 aromatic heterocycles. The molecule has 2 aromatic carbocycles. The van der Waals surface area contributed by atoms with Gasteiger partial charge in [0.1, 0.15) is 0 Å². The van der Waals surface area contributed by atoms with Crippen LogP contribution in [-0.4, -0.2) is 0 Å². The SMILES string of the molecule is CC(C)c1cccc(C(C)C)c1.Cc1ccccc1. The number of rotatable bonds is 2. The van der Waals surface area contributed by atoms with E-state index in [0.717, 1.165) is 0 Å². The van der Waals surface area contributed by atoms with Crippen molar-refractivity contribution in [3.8, 4) is 0 Å². The van der Waals surface area contributed by atoms with Crippen molar-refractivity contribution in [2.45, 2.75) is 46.5 Å². The van der Waals surface area contributed by atoms with Crippen molar-refractivity contribution in [2.75, 3.05) is 0 Å². The van der Waals surface area contributed by atoms with Gasteiger partial charge < -0.3 is 0 Å². The molecule has 0 aliphatic rings. The van der Waals surface area contributed by atoms with Gasteiger partial charge in [0, 0.05) is 0 Å². The Morgan fingerprint density at radius 1 is 0.632 bits per heavy atom. The van der Waals surface area contributed by atoms with Gasteiger partial charge in [0.05, 0.1) is 0 Å². The summed E-state index contributed by atoms with van der Waals surface area (Å²) < 4.78 is 0. The predicted octanol–water partition coefficient (Wildman–Crippen LogP) is 5.93. The fourth-order valence-corrected chi connectivity index (χ4v) is 1.81. The van der Waals surface area contributed by atoms with Crippen molar-refractivity contribution >= 4 is 0 Å². The van der Waals surface area contributed by atoms with Gasteiger partial charge in [-0.3, -0.25) is 0 Å². The maximum absolute atomic E-state index is 2.31. The van der Waals surface area contributed by atoms with Crippen LogP contribution in [-0.2, 0) is 0 Å². The minimum Gasteiger partial charge on any atom is -0.0622 e. The molecule has 0 saturated heterocycles. The molecule has 0 bridgehead atoms. The Kier molecular flexibility index (Phi) is 6.35. The van der Waals surface area contributed by atoms with Crippen molar-refractivity contribution < 1.29 is 0 Å². The average molecular weight is 254 g/mol. The Balaban J connectivity index is 0.000000218. The van der Waals surface area contributed by atoms with Crippen LogP contribution in [0.15, 0.2) is 54.6 Å². The van der Waals surface area contributed by atoms with E-state index in [1.165, 1.54) is 16.7 Å². The molecule has 0 amide bonds. The summed E-state index contributed by atoms with van der Waals surface area (Å²) in [6.07, 6.45) is 0. The fraction of sp³-hybridized carbons (Fsp3) is 0.368. The first-order chi connectivity index (χ1) is 9.00. The Morgan fingerprint density at radius 3 is 1.42 bits per heavy atom. The van der Waals surface area contributed by atoms with Crippen LogP contribution in [0.1, 0.15) is 56.2 Å². The van der Waals surface area contributed by atoms with E-state index in [1.54, 1.807) is 0 Å². The first-order valence-corrected chi connectivity index (χ1v) is 7.12. The minimum atomic E-state index is 0.642. The van der Waals surface area contributed by atoms with Crippen LogP contribution in [0.4, 0.5) is 0 Å². The van der Waals surface area contributed by atoms with E-state index in [9.17, 15) is 0 Å². The molecule has 0 heteroatoms. The van der Waals surface area contributed by atoms with E-state index in [2.05, 4.69) is 71.0 Å². The fourth-order valence-electron chi connectivity index (χ4n) is 1.81. The Morgan fingerprint density at radius 2 is 1.11 bits per heavy atom. The van der Waals surface area contributed by atoms with Crippen molar-refractivity contribution in [2.24, 2.45) is 0 Å². The van der Waals surface area contributed by atoms with Crippen molar-refractivity contribution in [3.63, 3.8) is 0 Å². The summed E-state index contributed by atoms with van der Waals surface area (Å²) in [5.41, 5.74) is 4.21. The van der Waals surface area contributed by atoms with Gasteiger partial charge in [-0.25, -0.2) is 0 Å². The molecule has 0 atom stereocenters. The summed E-state index contributed by atoms with van der Waals surface area (Å²) >= 11 is 0. The quantitative estimate of drug-likeness (QED) is 0.623. The lowest BCUT2D eigenvalue weighted by Gasteiger charge is -2.09. The third-order valence-electron chi connectivity index (χ3n) is 3.18. The third-order valence-corrected chi connectivity index (χ3v) is 3.18. The van der Waals surface area contributed by atoms with Crippen LogP contribution in [0.5, 0.6) is 0 Å². The molecule has 2 rings (SSSR count). The summed E-state index contributed by atoms with van der Waals surface area (Å²) in [5, 5.41) is 0. The summed E-state index contributed by atoms with van der Waals surface area (Å²) in [6.45, 7) is 11.0. The molecule has 102 valence electrons. The van der Waals surface area contributed by atoms with Gasteiger partial charge in [0.15, 0.2) is 0 Å². The van der Waals surface area contributed by atoms with E-state index in [1.807, 2.05) is 18.2 Å². The molecule has 0 aliphatic carbocycles. The maximum atomic E-state index is 2.31. The Bertz CT molecular complexity index is 443. The standard InChI is InChI=1S/C12H18.C7H8/c1-9(2)11-6-5-7-12(8-11)10(3)4;1-7-5-3-2-4-6-7/h5-10H,1-4H3;2-6H,1H3. The van der Waals surface area contributed by atoms with Gasteiger partial charge in [-0.1, -0.05) is 87.9 Å². The van der Waals surface area contributed by atoms with Crippen LogP contribution in [0.2, 0.25) is 0 Å². The maximum Gasteiger partial charge on any atom is -0.0219 e. The second-order valence-electron chi connectivity index (χ2n) is 5.63. The van der Waals surface area contributed by atoms with Crippen LogP contribution in [0, 0.1) is 6.92 Å². The zero-order valence-electron chi connectivity index (χ0n) is 12.9. The van der Waals surface area contributed by atoms with Crippen LogP contribution >= 0.6 is 0 Å². The molecular formula is C19H26. The second kappa shape index (κ2) is 7.78. The van der Waals surface area contributed by atoms with Crippen molar-refractivity contribution in [3.05, 3.63) is 71.3 Å². The topological polar surface area (TPSA) is 0 Å². The van der Waals surface area contributed by atoms with Gasteiger partial charge in [0.25, 0.3) is 0 Å². The Labute approximate surface area is 118 Å². The highest BCUT2D eigenvalue weighted by atomic mass is 14.1. The average Bonchev–Trinajstić information content (AvgIpc) is 2.40. The highest BCUT2D eigenvalue weighted by Gasteiger charge is 2.02. The zero-order valence-corrected chi connectivity index (χ0v) is 12.9. The molecule has 0 fully saturated rings. The van der Waals surface area contributed by atoms with Crippen molar-refractivity contribution in [1.82, 2.24) is 0 Å². The lowest BCUT2D eigenvalue weighted by molar-refractivity contribution is 0.834. The van der Waals surface area contributed by atoms with E-state index >= 15 is 0 Å². The van der Waals surface area contributed by atoms with E-state index < -0.39 is 0 Å². The summed E-state index contributed by atoms with van der Waals surface area (Å²) in [4.78, 5) is 0. The number of hydrogen-bond donors (Lipinski definition) is 0. The monoisotopic (exact) mass is 254 g/mol. The molecule has 0 aliphatic heterocycles. The molecule has 0 N–H and O–H groups in total. The molecular weight excluding hydrogens is 228 g/mol. The van der Waals surface area contributed by atoms with Gasteiger partial charge in [-0.15, -0.1) is 0 Å². The largest absolute Gasteiger partial charge is 0.0622 e. The molecule has 0 heterocycles. The first-order valence-electron chi connectivity index (χ1n) is 7.12. The second-order valence-corrected chi connectivity index (χ2v) is 5.63. The lowest BCUT2D eigenvalue weighted by atomic mass is 9.96. The Hall–Kier alpha value is -1.56. The van der Waals surface area contributed by atoms with Crippen LogP contribution < -0.4 is 0 Å². The summed E-state index contributed by atoms with van der Waals surface area (Å²) in [5.74, 6) is 1.28. The van der Waals surface area contributed by atoms with Crippen LogP contribution in [0.3, 0.4) is 0 Å². The third kappa shape index (κ3) is 5.74. The first kappa shape index (κ1) is 15.5. The molecule has 19 heavy (non-hydrogen) atoms. The molecule has 2 aromatic rings. The van der Waals surface area contributed by atoms with E-state index in [-0.39, 0.29) is 0 Å². The molecule has 0 saturated carbocycles. The number of benzene rings is 2. The molecule has 0 radical (unpaired) electrons. The number of hydrogen-bond acceptors (Lipinski definition) is 0. The highest BCUT2D eigenvalue weighted by Crippen LogP contribution is 2.20. The summed E-state index contributed by atoms with van der Waals surface area (Å²) in [6, 6.07) is 19.1. The van der Waals surface area contributed by atoms with Gasteiger partial charge in [0.2, 0.25) is 0 Å². The van der Waals surface area contributed by atoms with Crippen molar-refractivity contribution in [1.29, 1.82) is 0 Å². The number of aryl methyl sites for hydroxylation is 1. The lowest BCUT2D eigenvalue weighted by Crippen LogP contribution is -1.91. The zero-order chi connectivity index (χ0) is 14.3. The summed E-state index contributed by atoms with van der Waals surface area (Å²) in [7, 11) is 0. The molecule has 0 spiro atoms. The highest BCUT2D eigenvalue weighted by molar-refractivity contribution is 5.27. The smallest absolute Gasteiger partial charge is 0.0219 e. The molecule has 0 unspecified atom stereocenters. The predicted molar refractivity (Wildman–Crippen MR) is 85.8 cm³/mol. The van der Waals surface area contributed by atoms with Gasteiger partial charge in [-0.2, -0.15) is 0 Å². The van der Waals surface area contributed by atoms with E-state index in [0.29, 0.717) is 11.8 Å². The van der Waals surface area contributed by atoms with Gasteiger partial charge in [-0.05, 0) is 29.9 Å². The van der Waals surface area contributed by atoms with E-state index in [4.69, 9.17) is 0 Å².